The molecule has 1 aliphatic carbocycles. The number of phenolic OH excluding ortho intramolecular Hbond substituents is 1. The Bertz CT molecular complexity index is 448. The van der Waals surface area contributed by atoms with E-state index in [4.69, 9.17) is 0 Å². The van der Waals surface area contributed by atoms with Gasteiger partial charge < -0.3 is 10.0 Å². The van der Waals surface area contributed by atoms with E-state index >= 15 is 0 Å². The molecule has 1 N–H and O–H groups in total. The predicted molar refractivity (Wildman–Crippen MR) is 76.4 cm³/mol. The van der Waals surface area contributed by atoms with Crippen molar-refractivity contribution in [2.75, 3.05) is 14.1 Å². The molecule has 0 atom stereocenters. The van der Waals surface area contributed by atoms with E-state index < -0.39 is 0 Å². The zero-order valence-corrected chi connectivity index (χ0v) is 11.9. The zero-order valence-electron chi connectivity index (χ0n) is 11.9. The first-order valence-corrected chi connectivity index (χ1v) is 7.11. The van der Waals surface area contributed by atoms with Gasteiger partial charge in [0.05, 0.1) is 0 Å². The molecule has 2 rings (SSSR count). The van der Waals surface area contributed by atoms with Crippen molar-refractivity contribution in [3.05, 3.63) is 29.3 Å². The van der Waals surface area contributed by atoms with Gasteiger partial charge in [0.15, 0.2) is 0 Å². The Morgan fingerprint density at radius 3 is 2.58 bits per heavy atom. The lowest BCUT2D eigenvalue weighted by atomic mass is 9.83. The van der Waals surface area contributed by atoms with Crippen LogP contribution in [0.4, 0.5) is 0 Å². The molecule has 104 valence electrons. The molecule has 3 nitrogen and oxygen atoms in total. The molecule has 1 aromatic carbocycles. The first kappa shape index (κ1) is 13.9. The highest BCUT2D eigenvalue weighted by molar-refractivity contribution is 5.95. The number of benzene rings is 1. The Kier molecular flexibility index (Phi) is 4.46. The number of rotatable bonds is 3. The summed E-state index contributed by atoms with van der Waals surface area (Å²) in [4.78, 5) is 13.7. The van der Waals surface area contributed by atoms with Gasteiger partial charge in [-0.15, -0.1) is 0 Å². The van der Waals surface area contributed by atoms with Crippen molar-refractivity contribution < 1.29 is 9.90 Å². The fraction of sp³-hybridized carbons (Fsp3) is 0.562. The van der Waals surface area contributed by atoms with Gasteiger partial charge in [-0.2, -0.15) is 0 Å². The van der Waals surface area contributed by atoms with Gasteiger partial charge >= 0.3 is 0 Å². The van der Waals surface area contributed by atoms with Crippen molar-refractivity contribution >= 4 is 5.91 Å². The van der Waals surface area contributed by atoms with Crippen LogP contribution in [0.1, 0.15) is 48.0 Å². The maximum atomic E-state index is 12.2. The summed E-state index contributed by atoms with van der Waals surface area (Å²) in [6.45, 7) is 0. The molecule has 0 unspecified atom stereocenters. The number of phenols is 1. The summed E-state index contributed by atoms with van der Waals surface area (Å²) in [5.74, 6) is 0.825. The molecule has 0 saturated heterocycles. The predicted octanol–water partition coefficient (Wildman–Crippen LogP) is 3.22. The van der Waals surface area contributed by atoms with Crippen LogP contribution in [-0.2, 0) is 6.42 Å². The summed E-state index contributed by atoms with van der Waals surface area (Å²) < 4.78 is 0. The second-order valence-electron chi connectivity index (χ2n) is 5.75. The number of aromatic hydroxyl groups is 1. The first-order valence-electron chi connectivity index (χ1n) is 7.11. The van der Waals surface area contributed by atoms with Crippen LogP contribution in [0.25, 0.3) is 0 Å². The van der Waals surface area contributed by atoms with Gasteiger partial charge in [0.1, 0.15) is 5.75 Å². The van der Waals surface area contributed by atoms with Gasteiger partial charge in [-0.05, 0) is 30.0 Å². The summed E-state index contributed by atoms with van der Waals surface area (Å²) in [6.07, 6.45) is 7.43. The highest BCUT2D eigenvalue weighted by Gasteiger charge is 2.19. The first-order chi connectivity index (χ1) is 9.08. The van der Waals surface area contributed by atoms with Crippen molar-refractivity contribution in [1.82, 2.24) is 4.90 Å². The van der Waals surface area contributed by atoms with Crippen molar-refractivity contribution in [2.24, 2.45) is 5.92 Å². The highest BCUT2D eigenvalue weighted by Crippen LogP contribution is 2.29. The van der Waals surface area contributed by atoms with Crippen molar-refractivity contribution in [3.63, 3.8) is 0 Å². The van der Waals surface area contributed by atoms with Crippen LogP contribution in [0.3, 0.4) is 0 Å². The SMILES string of the molecule is CN(C)C(=O)c1cc(O)ccc1CC1CCCCC1. The monoisotopic (exact) mass is 261 g/mol. The Hall–Kier alpha value is -1.51. The summed E-state index contributed by atoms with van der Waals surface area (Å²) in [7, 11) is 3.49. The molecular weight excluding hydrogens is 238 g/mol. The van der Waals surface area contributed by atoms with Crippen molar-refractivity contribution in [1.29, 1.82) is 0 Å². The highest BCUT2D eigenvalue weighted by atomic mass is 16.3. The van der Waals surface area contributed by atoms with E-state index in [0.29, 0.717) is 11.5 Å². The van der Waals surface area contributed by atoms with E-state index in [1.807, 2.05) is 6.07 Å². The van der Waals surface area contributed by atoms with Crippen LogP contribution in [0.15, 0.2) is 18.2 Å². The average Bonchev–Trinajstić information content (AvgIpc) is 2.41. The maximum absolute atomic E-state index is 12.2. The minimum atomic E-state index is -0.0262. The zero-order chi connectivity index (χ0) is 13.8. The summed E-state index contributed by atoms with van der Waals surface area (Å²) in [6, 6.07) is 5.19. The van der Waals surface area contributed by atoms with E-state index in [0.717, 1.165) is 12.0 Å². The lowest BCUT2D eigenvalue weighted by Crippen LogP contribution is -2.23. The number of carbonyl (C=O) groups is 1. The molecule has 0 spiro atoms. The minimum absolute atomic E-state index is 0.0262. The molecule has 0 aliphatic heterocycles. The molecule has 1 aromatic rings. The summed E-state index contributed by atoms with van der Waals surface area (Å²) in [5.41, 5.74) is 1.72. The lowest BCUT2D eigenvalue weighted by molar-refractivity contribution is 0.0825. The molecule has 0 aromatic heterocycles. The molecule has 3 heteroatoms. The van der Waals surface area contributed by atoms with Gasteiger partial charge in [0.2, 0.25) is 0 Å². The number of carbonyl (C=O) groups excluding carboxylic acids is 1. The van der Waals surface area contributed by atoms with Gasteiger partial charge in [-0.3, -0.25) is 4.79 Å². The number of hydrogen-bond donors (Lipinski definition) is 1. The molecule has 1 amide bonds. The third-order valence-corrected chi connectivity index (χ3v) is 3.96. The fourth-order valence-electron chi connectivity index (χ4n) is 2.88. The van der Waals surface area contributed by atoms with Crippen LogP contribution in [0.5, 0.6) is 5.75 Å². The topological polar surface area (TPSA) is 40.5 Å². The normalized spacial score (nSPS) is 16.3. The quantitative estimate of drug-likeness (QED) is 0.907. The lowest BCUT2D eigenvalue weighted by Gasteiger charge is -2.23. The smallest absolute Gasteiger partial charge is 0.253 e. The van der Waals surface area contributed by atoms with Crippen LogP contribution in [0.2, 0.25) is 0 Å². The van der Waals surface area contributed by atoms with Crippen molar-refractivity contribution in [2.45, 2.75) is 38.5 Å². The molecule has 0 heterocycles. The van der Waals surface area contributed by atoms with Gasteiger partial charge in [-0.25, -0.2) is 0 Å². The Labute approximate surface area is 115 Å². The Morgan fingerprint density at radius 2 is 1.95 bits per heavy atom. The van der Waals surface area contributed by atoms with E-state index in [1.165, 1.54) is 32.1 Å². The molecule has 0 radical (unpaired) electrons. The number of nitrogens with zero attached hydrogens (tertiary/aromatic N) is 1. The maximum Gasteiger partial charge on any atom is 0.253 e. The van der Waals surface area contributed by atoms with E-state index in [-0.39, 0.29) is 11.7 Å². The standard InChI is InChI=1S/C16H23NO2/c1-17(2)16(19)15-11-14(18)9-8-13(15)10-12-6-4-3-5-7-12/h8-9,11-12,18H,3-7,10H2,1-2H3. The third kappa shape index (κ3) is 3.49. The van der Waals surface area contributed by atoms with E-state index in [2.05, 4.69) is 0 Å². The van der Waals surface area contributed by atoms with Gasteiger partial charge in [0, 0.05) is 19.7 Å². The summed E-state index contributed by atoms with van der Waals surface area (Å²) >= 11 is 0. The number of amides is 1. The van der Waals surface area contributed by atoms with E-state index in [1.54, 1.807) is 31.1 Å². The largest absolute Gasteiger partial charge is 0.508 e. The molecule has 1 saturated carbocycles. The molecule has 1 fully saturated rings. The van der Waals surface area contributed by atoms with Crippen LogP contribution in [-0.4, -0.2) is 30.0 Å². The second kappa shape index (κ2) is 6.09. The van der Waals surface area contributed by atoms with Crippen molar-refractivity contribution in [3.8, 4) is 5.75 Å². The van der Waals surface area contributed by atoms with Crippen LogP contribution in [0, 0.1) is 5.92 Å². The fourth-order valence-corrected chi connectivity index (χ4v) is 2.88. The molecule has 19 heavy (non-hydrogen) atoms. The third-order valence-electron chi connectivity index (χ3n) is 3.96. The van der Waals surface area contributed by atoms with Crippen LogP contribution < -0.4 is 0 Å². The second-order valence-corrected chi connectivity index (χ2v) is 5.75. The number of hydrogen-bond acceptors (Lipinski definition) is 2. The van der Waals surface area contributed by atoms with Gasteiger partial charge in [-0.1, -0.05) is 38.2 Å². The molecule has 0 bridgehead atoms. The Balaban J connectivity index is 2.21. The van der Waals surface area contributed by atoms with Gasteiger partial charge in [0.25, 0.3) is 5.91 Å². The molecule has 1 aliphatic rings. The van der Waals surface area contributed by atoms with Crippen LogP contribution >= 0.6 is 0 Å². The summed E-state index contributed by atoms with van der Waals surface area (Å²) in [5, 5.41) is 9.60. The average molecular weight is 261 g/mol. The minimum Gasteiger partial charge on any atom is -0.508 e. The molecular formula is C16H23NO2. The van der Waals surface area contributed by atoms with E-state index in [9.17, 15) is 9.90 Å². The Morgan fingerprint density at radius 1 is 1.26 bits per heavy atom.